The molecule has 0 rings (SSSR count). The van der Waals surface area contributed by atoms with Crippen molar-refractivity contribution >= 4 is 9.47 Å². The summed E-state index contributed by atoms with van der Waals surface area (Å²) in [5.41, 5.74) is 0. The number of aliphatic hydroxyl groups is 1. The molecule has 0 saturated heterocycles. The molecule has 0 aliphatic heterocycles. The molecule has 0 heterocycles. The SMILES string of the molecule is CC(O)COC(C)COC(C)COC(C)COP. The molecule has 0 spiro atoms. The molecule has 0 aromatic carbocycles. The quantitative estimate of drug-likeness (QED) is 0.580. The van der Waals surface area contributed by atoms with Gasteiger partial charge < -0.3 is 23.8 Å². The summed E-state index contributed by atoms with van der Waals surface area (Å²) in [5.74, 6) is 0. The third-order valence-corrected chi connectivity index (χ3v) is 2.38. The van der Waals surface area contributed by atoms with Crippen LogP contribution >= 0.6 is 9.47 Å². The molecular formula is C12H27O5P. The first-order valence-electron chi connectivity index (χ1n) is 6.30. The van der Waals surface area contributed by atoms with Gasteiger partial charge in [-0.3, -0.25) is 0 Å². The van der Waals surface area contributed by atoms with Crippen LogP contribution in [-0.2, 0) is 18.7 Å². The second kappa shape index (κ2) is 11.1. The predicted molar refractivity (Wildman–Crippen MR) is 73.6 cm³/mol. The Labute approximate surface area is 112 Å². The van der Waals surface area contributed by atoms with E-state index < -0.39 is 6.10 Å². The van der Waals surface area contributed by atoms with E-state index >= 15 is 0 Å². The first-order chi connectivity index (χ1) is 8.45. The number of hydrogen-bond donors (Lipinski definition) is 1. The van der Waals surface area contributed by atoms with E-state index in [1.807, 2.05) is 20.8 Å². The number of hydrogen-bond acceptors (Lipinski definition) is 5. The van der Waals surface area contributed by atoms with E-state index in [2.05, 4.69) is 9.47 Å². The highest BCUT2D eigenvalue weighted by atomic mass is 31.0. The molecule has 18 heavy (non-hydrogen) atoms. The molecule has 5 nitrogen and oxygen atoms in total. The van der Waals surface area contributed by atoms with E-state index in [1.54, 1.807) is 6.92 Å². The van der Waals surface area contributed by atoms with Gasteiger partial charge >= 0.3 is 0 Å². The maximum atomic E-state index is 9.08. The minimum Gasteiger partial charge on any atom is -0.391 e. The second-order valence-corrected chi connectivity index (χ2v) is 4.95. The van der Waals surface area contributed by atoms with Gasteiger partial charge in [0.15, 0.2) is 0 Å². The molecule has 5 atom stereocenters. The molecule has 0 saturated carbocycles. The average molecular weight is 282 g/mol. The van der Waals surface area contributed by atoms with Crippen molar-refractivity contribution < 1.29 is 23.8 Å². The molecule has 0 amide bonds. The first-order valence-corrected chi connectivity index (χ1v) is 6.77. The highest BCUT2D eigenvalue weighted by molar-refractivity contribution is 7.09. The van der Waals surface area contributed by atoms with E-state index in [0.717, 1.165) is 0 Å². The molecule has 0 fully saturated rings. The maximum Gasteiger partial charge on any atom is 0.0784 e. The summed E-state index contributed by atoms with van der Waals surface area (Å²) in [7, 11) is 2.20. The molecule has 6 heteroatoms. The van der Waals surface area contributed by atoms with Gasteiger partial charge in [0, 0.05) is 9.47 Å². The molecule has 1 N–H and O–H groups in total. The van der Waals surface area contributed by atoms with Crippen molar-refractivity contribution in [3.05, 3.63) is 0 Å². The van der Waals surface area contributed by atoms with Crippen LogP contribution in [0.25, 0.3) is 0 Å². The third-order valence-electron chi connectivity index (χ3n) is 2.18. The van der Waals surface area contributed by atoms with Crippen LogP contribution in [0.15, 0.2) is 0 Å². The maximum absolute atomic E-state index is 9.08. The summed E-state index contributed by atoms with van der Waals surface area (Å²) in [4.78, 5) is 0. The smallest absolute Gasteiger partial charge is 0.0784 e. The van der Waals surface area contributed by atoms with E-state index in [1.165, 1.54) is 0 Å². The Morgan fingerprint density at radius 1 is 0.778 bits per heavy atom. The Balaban J connectivity index is 3.54. The summed E-state index contributed by atoms with van der Waals surface area (Å²) in [6.45, 7) is 9.41. The standard InChI is InChI=1S/C12H27O5P/c1-9(13)5-14-10(2)6-15-11(3)7-16-12(4)8-17-18/h9-13H,5-8,18H2,1-4H3. The molecule has 0 aromatic rings. The average Bonchev–Trinajstić information content (AvgIpc) is 2.31. The summed E-state index contributed by atoms with van der Waals surface area (Å²) in [6.07, 6.45) is -0.414. The van der Waals surface area contributed by atoms with Crippen molar-refractivity contribution in [3.8, 4) is 0 Å². The van der Waals surface area contributed by atoms with Gasteiger partial charge in [0.25, 0.3) is 0 Å². The molecular weight excluding hydrogens is 255 g/mol. The van der Waals surface area contributed by atoms with Crippen LogP contribution in [0.1, 0.15) is 27.7 Å². The van der Waals surface area contributed by atoms with Crippen molar-refractivity contribution in [2.75, 3.05) is 26.4 Å². The Kier molecular flexibility index (Phi) is 11.2. The molecule has 0 radical (unpaired) electrons. The van der Waals surface area contributed by atoms with E-state index in [0.29, 0.717) is 26.4 Å². The Morgan fingerprint density at radius 3 is 1.56 bits per heavy atom. The number of rotatable bonds is 11. The fourth-order valence-corrected chi connectivity index (χ4v) is 1.45. The topological polar surface area (TPSA) is 57.2 Å². The van der Waals surface area contributed by atoms with E-state index in [4.69, 9.17) is 23.8 Å². The van der Waals surface area contributed by atoms with Gasteiger partial charge in [0.1, 0.15) is 0 Å². The van der Waals surface area contributed by atoms with Gasteiger partial charge in [0.2, 0.25) is 0 Å². The Morgan fingerprint density at radius 2 is 1.17 bits per heavy atom. The molecule has 0 bridgehead atoms. The van der Waals surface area contributed by atoms with Crippen molar-refractivity contribution in [2.24, 2.45) is 0 Å². The van der Waals surface area contributed by atoms with Crippen molar-refractivity contribution in [3.63, 3.8) is 0 Å². The Hall–Kier alpha value is 0.230. The molecule has 0 aromatic heterocycles. The monoisotopic (exact) mass is 282 g/mol. The Bertz CT molecular complexity index is 191. The third kappa shape index (κ3) is 11.3. The lowest BCUT2D eigenvalue weighted by Crippen LogP contribution is -2.27. The zero-order valence-electron chi connectivity index (χ0n) is 11.8. The van der Waals surface area contributed by atoms with E-state index in [9.17, 15) is 0 Å². The minimum absolute atomic E-state index is 0.00885. The van der Waals surface area contributed by atoms with Crippen LogP contribution in [0.3, 0.4) is 0 Å². The first kappa shape index (κ1) is 18.2. The largest absolute Gasteiger partial charge is 0.391 e. The minimum atomic E-state index is -0.444. The van der Waals surface area contributed by atoms with Gasteiger partial charge in [-0.2, -0.15) is 0 Å². The van der Waals surface area contributed by atoms with Crippen molar-refractivity contribution in [1.82, 2.24) is 0 Å². The number of aliphatic hydroxyl groups excluding tert-OH is 1. The zero-order chi connectivity index (χ0) is 14.0. The van der Waals surface area contributed by atoms with Gasteiger partial charge in [-0.25, -0.2) is 0 Å². The van der Waals surface area contributed by atoms with Crippen LogP contribution in [-0.4, -0.2) is 55.9 Å². The zero-order valence-corrected chi connectivity index (χ0v) is 13.0. The molecule has 0 aliphatic carbocycles. The summed E-state index contributed by atoms with van der Waals surface area (Å²) < 4.78 is 21.4. The van der Waals surface area contributed by atoms with Gasteiger partial charge in [-0.05, 0) is 27.7 Å². The highest BCUT2D eigenvalue weighted by Crippen LogP contribution is 2.01. The lowest BCUT2D eigenvalue weighted by atomic mass is 10.3. The fourth-order valence-electron chi connectivity index (χ4n) is 1.18. The predicted octanol–water partition coefficient (Wildman–Crippen LogP) is 1.39. The van der Waals surface area contributed by atoms with Crippen LogP contribution in [0.2, 0.25) is 0 Å². The van der Waals surface area contributed by atoms with Crippen molar-refractivity contribution in [1.29, 1.82) is 0 Å². The summed E-state index contributed by atoms with van der Waals surface area (Å²) in [5, 5.41) is 9.08. The van der Waals surface area contributed by atoms with E-state index in [-0.39, 0.29) is 18.3 Å². The van der Waals surface area contributed by atoms with Gasteiger partial charge in [0.05, 0.1) is 50.8 Å². The highest BCUT2D eigenvalue weighted by Gasteiger charge is 2.10. The van der Waals surface area contributed by atoms with Crippen LogP contribution in [0.5, 0.6) is 0 Å². The lowest BCUT2D eigenvalue weighted by molar-refractivity contribution is -0.0809. The molecule has 0 aliphatic rings. The fraction of sp³-hybridized carbons (Fsp3) is 1.00. The summed E-state index contributed by atoms with van der Waals surface area (Å²) >= 11 is 0. The van der Waals surface area contributed by atoms with Gasteiger partial charge in [-0.15, -0.1) is 0 Å². The molecule has 110 valence electrons. The number of ether oxygens (including phenoxy) is 3. The van der Waals surface area contributed by atoms with Crippen molar-refractivity contribution in [2.45, 2.75) is 52.1 Å². The normalized spacial score (nSPS) is 18.3. The van der Waals surface area contributed by atoms with Crippen LogP contribution < -0.4 is 0 Å². The molecule has 5 unspecified atom stereocenters. The summed E-state index contributed by atoms with van der Waals surface area (Å²) in [6, 6.07) is 0. The lowest BCUT2D eigenvalue weighted by Gasteiger charge is -2.20. The van der Waals surface area contributed by atoms with Gasteiger partial charge in [-0.1, -0.05) is 0 Å². The van der Waals surface area contributed by atoms with Crippen LogP contribution in [0, 0.1) is 0 Å². The second-order valence-electron chi connectivity index (χ2n) is 4.61. The van der Waals surface area contributed by atoms with Crippen LogP contribution in [0.4, 0.5) is 0 Å².